The summed E-state index contributed by atoms with van der Waals surface area (Å²) >= 11 is 0. The van der Waals surface area contributed by atoms with Crippen LogP contribution in [0.2, 0.25) is 0 Å². The minimum Gasteiger partial charge on any atom is -0.354 e. The molecule has 0 atom stereocenters. The second kappa shape index (κ2) is 5.70. The van der Waals surface area contributed by atoms with Crippen LogP contribution in [-0.2, 0) is 0 Å². The van der Waals surface area contributed by atoms with Crippen LogP contribution in [0.1, 0.15) is 20.8 Å². The first-order valence-electron chi connectivity index (χ1n) is 5.07. The van der Waals surface area contributed by atoms with Gasteiger partial charge < -0.3 is 10.6 Å². The van der Waals surface area contributed by atoms with Gasteiger partial charge in [-0.25, -0.2) is 0 Å². The van der Waals surface area contributed by atoms with Gasteiger partial charge in [0.2, 0.25) is 17.8 Å². The van der Waals surface area contributed by atoms with E-state index < -0.39 is 0 Å². The van der Waals surface area contributed by atoms with Crippen LogP contribution in [0, 0.1) is 11.5 Å². The average Bonchev–Trinajstić information content (AvgIpc) is 2.17. The predicted octanol–water partition coefficient (Wildman–Crippen LogP) is 1.02. The molecule has 1 heterocycles. The van der Waals surface area contributed by atoms with E-state index in [9.17, 15) is 0 Å². The van der Waals surface area contributed by atoms with Crippen LogP contribution >= 0.6 is 0 Å². The number of nitriles is 1. The molecule has 1 aromatic rings. The Kier molecular flexibility index (Phi) is 4.27. The van der Waals surface area contributed by atoms with Gasteiger partial charge in [0.05, 0.1) is 0 Å². The third-order valence-corrected chi connectivity index (χ3v) is 1.56. The van der Waals surface area contributed by atoms with Crippen molar-refractivity contribution in [2.24, 2.45) is 0 Å². The molecule has 0 aliphatic heterocycles. The van der Waals surface area contributed by atoms with Crippen molar-refractivity contribution in [3.63, 3.8) is 0 Å². The molecule has 1 aromatic heterocycles. The monoisotopic (exact) mass is 221 g/mol. The molecule has 0 fully saturated rings. The van der Waals surface area contributed by atoms with Crippen molar-refractivity contribution in [2.75, 3.05) is 22.5 Å². The van der Waals surface area contributed by atoms with E-state index in [0.29, 0.717) is 18.4 Å². The molecule has 0 unspecified atom stereocenters. The summed E-state index contributed by atoms with van der Waals surface area (Å²) in [5, 5.41) is 16.9. The van der Waals surface area contributed by atoms with E-state index in [1.807, 2.05) is 20.8 Å². The van der Waals surface area contributed by atoms with Gasteiger partial charge >= 0.3 is 0 Å². The zero-order valence-corrected chi connectivity index (χ0v) is 9.57. The van der Waals surface area contributed by atoms with Gasteiger partial charge in [0.15, 0.2) is 6.19 Å². The first-order chi connectivity index (χ1) is 7.65. The minimum atomic E-state index is 0.215. The van der Waals surface area contributed by atoms with Gasteiger partial charge in [-0.2, -0.15) is 20.2 Å². The molecule has 3 N–H and O–H groups in total. The van der Waals surface area contributed by atoms with E-state index in [2.05, 4.69) is 30.9 Å². The van der Waals surface area contributed by atoms with Crippen molar-refractivity contribution >= 4 is 17.8 Å². The minimum absolute atomic E-state index is 0.215. The Hall–Kier alpha value is -2.10. The highest BCUT2D eigenvalue weighted by Crippen LogP contribution is 2.09. The number of rotatable bonds is 5. The van der Waals surface area contributed by atoms with Gasteiger partial charge in [-0.1, -0.05) is 0 Å². The molecule has 0 aliphatic rings. The molecular formula is C9H15N7. The van der Waals surface area contributed by atoms with E-state index in [1.54, 1.807) is 6.19 Å². The van der Waals surface area contributed by atoms with Crippen LogP contribution in [0.3, 0.4) is 0 Å². The maximum Gasteiger partial charge on any atom is 0.242 e. The fraction of sp³-hybridized carbons (Fsp3) is 0.556. The van der Waals surface area contributed by atoms with Crippen LogP contribution in [0.15, 0.2) is 0 Å². The zero-order valence-electron chi connectivity index (χ0n) is 9.57. The molecule has 0 aliphatic carbocycles. The predicted molar refractivity (Wildman–Crippen MR) is 62.0 cm³/mol. The lowest BCUT2D eigenvalue weighted by molar-refractivity contribution is 0.868. The number of hydrogen-bond acceptors (Lipinski definition) is 7. The fourth-order valence-corrected chi connectivity index (χ4v) is 1.04. The smallest absolute Gasteiger partial charge is 0.242 e. The topological polar surface area (TPSA) is 98.5 Å². The Morgan fingerprint density at radius 1 is 1.19 bits per heavy atom. The van der Waals surface area contributed by atoms with E-state index in [0.717, 1.165) is 0 Å². The highest BCUT2D eigenvalue weighted by Gasteiger charge is 2.06. The molecule has 7 heteroatoms. The van der Waals surface area contributed by atoms with Crippen LogP contribution in [0.5, 0.6) is 0 Å². The van der Waals surface area contributed by atoms with Gasteiger partial charge in [-0.05, 0) is 20.8 Å². The van der Waals surface area contributed by atoms with Gasteiger partial charge in [0, 0.05) is 12.6 Å². The Morgan fingerprint density at radius 3 is 2.38 bits per heavy atom. The summed E-state index contributed by atoms with van der Waals surface area (Å²) in [6.45, 7) is 6.61. The lowest BCUT2D eigenvalue weighted by Crippen LogP contribution is -2.15. The number of nitrogens with one attached hydrogen (secondary N) is 3. The lowest BCUT2D eigenvalue weighted by atomic mass is 10.4. The average molecular weight is 221 g/mol. The van der Waals surface area contributed by atoms with E-state index in [-0.39, 0.29) is 12.0 Å². The molecule has 0 aromatic carbocycles. The first-order valence-corrected chi connectivity index (χ1v) is 5.07. The first kappa shape index (κ1) is 12.0. The summed E-state index contributed by atoms with van der Waals surface area (Å²) < 4.78 is 0. The molecule has 16 heavy (non-hydrogen) atoms. The SMILES string of the molecule is CCNc1nc(NC#N)nc(NC(C)C)n1. The standard InChI is InChI=1S/C9H15N7/c1-4-11-7-14-8(12-5-10)16-9(15-7)13-6(2)3/h6H,4H2,1-3H3,(H3,11,12,13,14,15,16). The second-order valence-electron chi connectivity index (χ2n) is 3.37. The van der Waals surface area contributed by atoms with Gasteiger partial charge in [-0.3, -0.25) is 5.32 Å². The highest BCUT2D eigenvalue weighted by molar-refractivity contribution is 5.43. The van der Waals surface area contributed by atoms with E-state index in [4.69, 9.17) is 5.26 Å². The zero-order chi connectivity index (χ0) is 12.0. The van der Waals surface area contributed by atoms with E-state index in [1.165, 1.54) is 0 Å². The molecule has 86 valence electrons. The molecule has 7 nitrogen and oxygen atoms in total. The van der Waals surface area contributed by atoms with Crippen molar-refractivity contribution in [1.29, 1.82) is 5.26 Å². The summed E-state index contributed by atoms with van der Waals surface area (Å²) in [5.74, 6) is 1.12. The summed E-state index contributed by atoms with van der Waals surface area (Å²) in [7, 11) is 0. The molecule has 0 saturated heterocycles. The van der Waals surface area contributed by atoms with Crippen LogP contribution < -0.4 is 16.0 Å². The maximum absolute atomic E-state index is 8.51. The van der Waals surface area contributed by atoms with Crippen molar-refractivity contribution < 1.29 is 0 Å². The summed E-state index contributed by atoms with van der Waals surface area (Å²) in [6, 6.07) is 0.215. The molecule has 0 radical (unpaired) electrons. The summed E-state index contributed by atoms with van der Waals surface area (Å²) in [4.78, 5) is 12.2. The summed E-state index contributed by atoms with van der Waals surface area (Å²) in [5.41, 5.74) is 0. The molecule has 0 spiro atoms. The van der Waals surface area contributed by atoms with Gasteiger partial charge in [-0.15, -0.1) is 0 Å². The number of hydrogen-bond donors (Lipinski definition) is 3. The number of anilines is 3. The largest absolute Gasteiger partial charge is 0.354 e. The van der Waals surface area contributed by atoms with Crippen molar-refractivity contribution in [2.45, 2.75) is 26.8 Å². The van der Waals surface area contributed by atoms with Crippen molar-refractivity contribution in [3.05, 3.63) is 0 Å². The Morgan fingerprint density at radius 2 is 1.81 bits per heavy atom. The highest BCUT2D eigenvalue weighted by atomic mass is 15.3. The Bertz CT molecular complexity index is 382. The third-order valence-electron chi connectivity index (χ3n) is 1.56. The number of nitrogens with zero attached hydrogens (tertiary/aromatic N) is 4. The van der Waals surface area contributed by atoms with E-state index >= 15 is 0 Å². The van der Waals surface area contributed by atoms with Crippen LogP contribution in [0.4, 0.5) is 17.8 Å². The Balaban J connectivity index is 2.94. The third kappa shape index (κ3) is 3.57. The lowest BCUT2D eigenvalue weighted by Gasteiger charge is -2.10. The molecular weight excluding hydrogens is 206 g/mol. The van der Waals surface area contributed by atoms with Crippen LogP contribution in [-0.4, -0.2) is 27.5 Å². The molecule has 1 rings (SSSR count). The molecule has 0 amide bonds. The molecule has 0 saturated carbocycles. The van der Waals surface area contributed by atoms with Crippen LogP contribution in [0.25, 0.3) is 0 Å². The maximum atomic E-state index is 8.51. The quantitative estimate of drug-likeness (QED) is 0.504. The Labute approximate surface area is 94.3 Å². The molecule has 0 bridgehead atoms. The van der Waals surface area contributed by atoms with Crippen molar-refractivity contribution in [3.8, 4) is 6.19 Å². The van der Waals surface area contributed by atoms with Gasteiger partial charge in [0.25, 0.3) is 0 Å². The fourth-order valence-electron chi connectivity index (χ4n) is 1.04. The normalized spacial score (nSPS) is 9.69. The van der Waals surface area contributed by atoms with Crippen molar-refractivity contribution in [1.82, 2.24) is 15.0 Å². The number of aromatic nitrogens is 3. The second-order valence-corrected chi connectivity index (χ2v) is 3.37. The van der Waals surface area contributed by atoms with Gasteiger partial charge in [0.1, 0.15) is 0 Å². The summed E-state index contributed by atoms with van der Waals surface area (Å²) in [6.07, 6.45) is 1.78.